The van der Waals surface area contributed by atoms with Crippen LogP contribution in [-0.2, 0) is 6.42 Å². The fourth-order valence-corrected chi connectivity index (χ4v) is 3.21. The summed E-state index contributed by atoms with van der Waals surface area (Å²) in [4.78, 5) is 0. The van der Waals surface area contributed by atoms with Crippen LogP contribution in [0.2, 0.25) is 0 Å². The molecule has 0 spiro atoms. The fraction of sp³-hybridized carbons (Fsp3) is 0.333. The monoisotopic (exact) mass is 379 g/mol. The summed E-state index contributed by atoms with van der Waals surface area (Å²) < 4.78 is 1.34. The van der Waals surface area contributed by atoms with E-state index in [9.17, 15) is 0 Å². The molecule has 0 aliphatic carbocycles. The maximum atomic E-state index is 3.69. The molecular weight excluding hydrogens is 357 g/mol. The second-order valence-corrected chi connectivity index (χ2v) is 6.38. The van der Waals surface area contributed by atoms with Crippen molar-refractivity contribution in [1.29, 1.82) is 0 Å². The maximum absolute atomic E-state index is 3.69. The Morgan fingerprint density at radius 3 is 2.60 bits per heavy atom. The van der Waals surface area contributed by atoms with Gasteiger partial charge in [-0.05, 0) is 66.1 Å². The van der Waals surface area contributed by atoms with Crippen molar-refractivity contribution < 1.29 is 0 Å². The van der Waals surface area contributed by atoms with E-state index in [0.29, 0.717) is 6.04 Å². The molecular formula is C18H22IN. The van der Waals surface area contributed by atoms with Crippen LogP contribution >= 0.6 is 22.6 Å². The highest BCUT2D eigenvalue weighted by atomic mass is 127. The number of nitrogens with one attached hydrogen (secondary N) is 1. The van der Waals surface area contributed by atoms with Gasteiger partial charge >= 0.3 is 0 Å². The van der Waals surface area contributed by atoms with Crippen molar-refractivity contribution in [1.82, 2.24) is 5.32 Å². The van der Waals surface area contributed by atoms with Crippen LogP contribution in [0.3, 0.4) is 0 Å². The minimum atomic E-state index is 0.393. The zero-order chi connectivity index (χ0) is 14.4. The molecule has 0 aliphatic heterocycles. The van der Waals surface area contributed by atoms with Crippen LogP contribution < -0.4 is 5.32 Å². The third kappa shape index (κ3) is 4.32. The molecule has 2 heteroatoms. The maximum Gasteiger partial charge on any atom is 0.0371 e. The summed E-state index contributed by atoms with van der Waals surface area (Å²) in [5.41, 5.74) is 4.14. The fourth-order valence-electron chi connectivity index (χ4n) is 2.44. The molecule has 2 aromatic carbocycles. The second-order valence-electron chi connectivity index (χ2n) is 5.22. The third-order valence-electron chi connectivity index (χ3n) is 3.44. The lowest BCUT2D eigenvalue weighted by Gasteiger charge is -2.20. The van der Waals surface area contributed by atoms with E-state index >= 15 is 0 Å². The molecule has 1 unspecified atom stereocenters. The first kappa shape index (κ1) is 15.5. The van der Waals surface area contributed by atoms with Gasteiger partial charge in [0.1, 0.15) is 0 Å². The molecule has 0 aliphatic rings. The van der Waals surface area contributed by atoms with Crippen LogP contribution in [0.15, 0.2) is 48.5 Å². The molecule has 0 fully saturated rings. The van der Waals surface area contributed by atoms with Crippen LogP contribution in [0.4, 0.5) is 0 Å². The summed E-state index contributed by atoms with van der Waals surface area (Å²) in [6, 6.07) is 17.9. The number of hydrogen-bond acceptors (Lipinski definition) is 1. The molecule has 0 heterocycles. The molecule has 2 rings (SSSR count). The predicted octanol–water partition coefficient (Wildman–Crippen LogP) is 4.88. The highest BCUT2D eigenvalue weighted by Gasteiger charge is 2.14. The first-order valence-electron chi connectivity index (χ1n) is 7.24. The average molecular weight is 379 g/mol. The van der Waals surface area contributed by atoms with E-state index in [1.54, 1.807) is 0 Å². The van der Waals surface area contributed by atoms with E-state index in [1.807, 2.05) is 0 Å². The van der Waals surface area contributed by atoms with Crippen molar-refractivity contribution in [3.63, 3.8) is 0 Å². The summed E-state index contributed by atoms with van der Waals surface area (Å²) in [6.07, 6.45) is 2.20. The number of rotatable bonds is 6. The molecule has 1 nitrogen and oxygen atoms in total. The van der Waals surface area contributed by atoms with E-state index < -0.39 is 0 Å². The van der Waals surface area contributed by atoms with Gasteiger partial charge in [-0.2, -0.15) is 0 Å². The highest BCUT2D eigenvalue weighted by molar-refractivity contribution is 14.1. The van der Waals surface area contributed by atoms with E-state index in [1.165, 1.54) is 20.3 Å². The van der Waals surface area contributed by atoms with Gasteiger partial charge in [-0.25, -0.2) is 0 Å². The minimum Gasteiger partial charge on any atom is -0.310 e. The Morgan fingerprint density at radius 2 is 1.90 bits per heavy atom. The molecule has 0 amide bonds. The van der Waals surface area contributed by atoms with Crippen molar-refractivity contribution >= 4 is 22.6 Å². The first-order valence-corrected chi connectivity index (χ1v) is 8.32. The molecule has 0 saturated heterocycles. The molecule has 0 bridgehead atoms. The topological polar surface area (TPSA) is 12.0 Å². The van der Waals surface area contributed by atoms with E-state index in [-0.39, 0.29) is 0 Å². The zero-order valence-electron chi connectivity index (χ0n) is 12.2. The molecule has 20 heavy (non-hydrogen) atoms. The summed E-state index contributed by atoms with van der Waals surface area (Å²) in [5, 5.41) is 3.69. The largest absolute Gasteiger partial charge is 0.310 e. The van der Waals surface area contributed by atoms with Gasteiger partial charge in [0.2, 0.25) is 0 Å². The van der Waals surface area contributed by atoms with Crippen LogP contribution in [0.5, 0.6) is 0 Å². The van der Waals surface area contributed by atoms with Gasteiger partial charge in [-0.3, -0.25) is 0 Å². The SMILES string of the molecule is CCCNC(Cc1cccc(C)c1)c1ccccc1I. The van der Waals surface area contributed by atoms with Gasteiger partial charge in [0.05, 0.1) is 0 Å². The molecule has 0 radical (unpaired) electrons. The molecule has 2 aromatic rings. The normalized spacial score (nSPS) is 12.3. The van der Waals surface area contributed by atoms with Crippen molar-refractivity contribution in [2.45, 2.75) is 32.7 Å². The smallest absolute Gasteiger partial charge is 0.0371 e. The van der Waals surface area contributed by atoms with Crippen LogP contribution in [0.25, 0.3) is 0 Å². The lowest BCUT2D eigenvalue weighted by Crippen LogP contribution is -2.24. The molecule has 106 valence electrons. The van der Waals surface area contributed by atoms with Crippen molar-refractivity contribution in [3.8, 4) is 0 Å². The quantitative estimate of drug-likeness (QED) is 0.706. The van der Waals surface area contributed by atoms with Crippen molar-refractivity contribution in [2.24, 2.45) is 0 Å². The minimum absolute atomic E-state index is 0.393. The Bertz CT molecular complexity index is 551. The van der Waals surface area contributed by atoms with Gasteiger partial charge < -0.3 is 5.32 Å². The summed E-state index contributed by atoms with van der Waals surface area (Å²) in [7, 11) is 0. The Morgan fingerprint density at radius 1 is 1.10 bits per heavy atom. The average Bonchev–Trinajstić information content (AvgIpc) is 2.44. The highest BCUT2D eigenvalue weighted by Crippen LogP contribution is 2.23. The Balaban J connectivity index is 2.22. The van der Waals surface area contributed by atoms with Crippen molar-refractivity contribution in [2.75, 3.05) is 6.54 Å². The number of halogens is 1. The Labute approximate surface area is 135 Å². The standard InChI is InChI=1S/C18H22IN/c1-3-11-20-18(16-9-4-5-10-17(16)19)13-15-8-6-7-14(2)12-15/h4-10,12,18,20H,3,11,13H2,1-2H3. The summed E-state index contributed by atoms with van der Waals surface area (Å²) >= 11 is 2.44. The lowest BCUT2D eigenvalue weighted by atomic mass is 9.98. The summed E-state index contributed by atoms with van der Waals surface area (Å²) in [6.45, 7) is 5.43. The van der Waals surface area contributed by atoms with E-state index in [4.69, 9.17) is 0 Å². The van der Waals surface area contributed by atoms with Crippen LogP contribution in [-0.4, -0.2) is 6.54 Å². The Hall–Kier alpha value is -0.870. The second kappa shape index (κ2) is 7.79. The van der Waals surface area contributed by atoms with Gasteiger partial charge in [-0.1, -0.05) is 55.0 Å². The number of aryl methyl sites for hydroxylation is 1. The van der Waals surface area contributed by atoms with Crippen LogP contribution in [0, 0.1) is 10.5 Å². The lowest BCUT2D eigenvalue weighted by molar-refractivity contribution is 0.527. The van der Waals surface area contributed by atoms with Crippen LogP contribution in [0.1, 0.15) is 36.1 Å². The third-order valence-corrected chi connectivity index (χ3v) is 4.43. The van der Waals surface area contributed by atoms with Gasteiger partial charge in [-0.15, -0.1) is 0 Å². The molecule has 0 aromatic heterocycles. The van der Waals surface area contributed by atoms with Crippen molar-refractivity contribution in [3.05, 3.63) is 68.8 Å². The summed E-state index contributed by atoms with van der Waals surface area (Å²) in [5.74, 6) is 0. The number of hydrogen-bond donors (Lipinski definition) is 1. The van der Waals surface area contributed by atoms with Gasteiger partial charge in [0, 0.05) is 9.61 Å². The molecule has 1 atom stereocenters. The first-order chi connectivity index (χ1) is 9.70. The predicted molar refractivity (Wildman–Crippen MR) is 95.1 cm³/mol. The molecule has 0 saturated carbocycles. The number of benzene rings is 2. The zero-order valence-corrected chi connectivity index (χ0v) is 14.4. The Kier molecular flexibility index (Phi) is 6.05. The molecule has 1 N–H and O–H groups in total. The van der Waals surface area contributed by atoms with E-state index in [0.717, 1.165) is 19.4 Å². The van der Waals surface area contributed by atoms with Gasteiger partial charge in [0.25, 0.3) is 0 Å². The van der Waals surface area contributed by atoms with E-state index in [2.05, 4.69) is 90.3 Å². The van der Waals surface area contributed by atoms with Gasteiger partial charge in [0.15, 0.2) is 0 Å².